The van der Waals surface area contributed by atoms with Crippen LogP contribution < -0.4 is 5.32 Å². The van der Waals surface area contributed by atoms with E-state index >= 15 is 0 Å². The van der Waals surface area contributed by atoms with Gasteiger partial charge in [0.05, 0.1) is 6.42 Å². The lowest BCUT2D eigenvalue weighted by Gasteiger charge is -2.29. The van der Waals surface area contributed by atoms with E-state index in [1.807, 2.05) is 31.2 Å². The van der Waals surface area contributed by atoms with E-state index in [0.717, 1.165) is 30.4 Å². The summed E-state index contributed by atoms with van der Waals surface area (Å²) in [6, 6.07) is 7.91. The van der Waals surface area contributed by atoms with E-state index in [1.165, 1.54) is 6.42 Å². The SMILES string of the molecule is Cc1ccccc1CC(=O)OCC(=O)N[C@@H]1CCCC[C@@H]1C. The number of hydrogen-bond acceptors (Lipinski definition) is 3. The highest BCUT2D eigenvalue weighted by atomic mass is 16.5. The summed E-state index contributed by atoms with van der Waals surface area (Å²) in [6.07, 6.45) is 4.77. The van der Waals surface area contributed by atoms with Crippen LogP contribution in [0.25, 0.3) is 0 Å². The minimum absolute atomic E-state index is 0.187. The van der Waals surface area contributed by atoms with Crippen LogP contribution in [0.5, 0.6) is 0 Å². The zero-order chi connectivity index (χ0) is 15.9. The minimum Gasteiger partial charge on any atom is -0.455 e. The van der Waals surface area contributed by atoms with Crippen LogP contribution in [-0.2, 0) is 20.7 Å². The van der Waals surface area contributed by atoms with Gasteiger partial charge < -0.3 is 10.1 Å². The summed E-state index contributed by atoms with van der Waals surface area (Å²) in [5, 5.41) is 2.98. The predicted molar refractivity (Wildman–Crippen MR) is 85.4 cm³/mol. The molecule has 1 amide bonds. The van der Waals surface area contributed by atoms with E-state index in [2.05, 4.69) is 12.2 Å². The number of esters is 1. The highest BCUT2D eigenvalue weighted by Crippen LogP contribution is 2.23. The molecule has 1 N–H and O–H groups in total. The second-order valence-electron chi connectivity index (χ2n) is 6.20. The van der Waals surface area contributed by atoms with E-state index in [4.69, 9.17) is 4.74 Å². The van der Waals surface area contributed by atoms with Gasteiger partial charge in [-0.2, -0.15) is 0 Å². The van der Waals surface area contributed by atoms with Crippen LogP contribution in [-0.4, -0.2) is 24.5 Å². The Morgan fingerprint density at radius 3 is 2.68 bits per heavy atom. The molecule has 2 rings (SSSR count). The van der Waals surface area contributed by atoms with Crippen molar-refractivity contribution in [2.75, 3.05) is 6.61 Å². The van der Waals surface area contributed by atoms with Crippen LogP contribution in [0.3, 0.4) is 0 Å². The maximum absolute atomic E-state index is 11.9. The van der Waals surface area contributed by atoms with E-state index in [-0.39, 0.29) is 30.9 Å². The first-order valence-electron chi connectivity index (χ1n) is 8.05. The van der Waals surface area contributed by atoms with Crippen LogP contribution in [0.1, 0.15) is 43.7 Å². The van der Waals surface area contributed by atoms with Gasteiger partial charge in [0.25, 0.3) is 5.91 Å². The lowest BCUT2D eigenvalue weighted by molar-refractivity contribution is -0.148. The molecule has 2 atom stereocenters. The maximum Gasteiger partial charge on any atom is 0.310 e. The Kier molecular flexibility index (Phi) is 5.99. The lowest BCUT2D eigenvalue weighted by Crippen LogP contribution is -2.43. The number of rotatable bonds is 5. The number of benzene rings is 1. The second-order valence-corrected chi connectivity index (χ2v) is 6.20. The molecule has 4 nitrogen and oxygen atoms in total. The van der Waals surface area contributed by atoms with Crippen LogP contribution in [0.2, 0.25) is 0 Å². The third kappa shape index (κ3) is 4.86. The Morgan fingerprint density at radius 1 is 1.23 bits per heavy atom. The normalized spacial score (nSPS) is 21.2. The van der Waals surface area contributed by atoms with Crippen molar-refractivity contribution in [3.63, 3.8) is 0 Å². The molecule has 120 valence electrons. The molecule has 0 bridgehead atoms. The summed E-state index contributed by atoms with van der Waals surface area (Å²) < 4.78 is 5.09. The van der Waals surface area contributed by atoms with Crippen molar-refractivity contribution in [3.8, 4) is 0 Å². The van der Waals surface area contributed by atoms with Gasteiger partial charge in [-0.1, -0.05) is 44.0 Å². The lowest BCUT2D eigenvalue weighted by atomic mass is 9.86. The first-order valence-corrected chi connectivity index (χ1v) is 8.05. The Balaban J connectivity index is 1.74. The summed E-state index contributed by atoms with van der Waals surface area (Å²) in [6.45, 7) is 3.93. The number of carbonyl (C=O) groups excluding carboxylic acids is 2. The van der Waals surface area contributed by atoms with Crippen molar-refractivity contribution in [1.82, 2.24) is 5.32 Å². The first kappa shape index (κ1) is 16.5. The molecule has 0 heterocycles. The van der Waals surface area contributed by atoms with E-state index < -0.39 is 0 Å². The molecule has 1 aromatic carbocycles. The van der Waals surface area contributed by atoms with Crippen LogP contribution in [0, 0.1) is 12.8 Å². The first-order chi connectivity index (χ1) is 10.6. The van der Waals surface area contributed by atoms with Crippen molar-refractivity contribution in [3.05, 3.63) is 35.4 Å². The summed E-state index contributed by atoms with van der Waals surface area (Å²) >= 11 is 0. The molecule has 1 aromatic rings. The van der Waals surface area contributed by atoms with Crippen LogP contribution in [0.15, 0.2) is 24.3 Å². The van der Waals surface area contributed by atoms with Gasteiger partial charge in [0.1, 0.15) is 0 Å². The van der Waals surface area contributed by atoms with Gasteiger partial charge in [0, 0.05) is 6.04 Å². The summed E-state index contributed by atoms with van der Waals surface area (Å²) in [4.78, 5) is 23.7. The highest BCUT2D eigenvalue weighted by molar-refractivity contribution is 5.81. The molecule has 1 saturated carbocycles. The van der Waals surface area contributed by atoms with Gasteiger partial charge in [-0.25, -0.2) is 0 Å². The molecule has 22 heavy (non-hydrogen) atoms. The van der Waals surface area contributed by atoms with Gasteiger partial charge in [-0.3, -0.25) is 9.59 Å². The van der Waals surface area contributed by atoms with Crippen LogP contribution in [0.4, 0.5) is 0 Å². The summed E-state index contributed by atoms with van der Waals surface area (Å²) in [7, 11) is 0. The number of amides is 1. The monoisotopic (exact) mass is 303 g/mol. The van der Waals surface area contributed by atoms with E-state index in [0.29, 0.717) is 5.92 Å². The zero-order valence-electron chi connectivity index (χ0n) is 13.4. The van der Waals surface area contributed by atoms with Gasteiger partial charge in [0.15, 0.2) is 6.61 Å². The number of carbonyl (C=O) groups is 2. The quantitative estimate of drug-likeness (QED) is 0.851. The standard InChI is InChI=1S/C18H25NO3/c1-13-7-3-5-9-15(13)11-18(21)22-12-17(20)19-16-10-6-4-8-14(16)2/h3,5,7,9,14,16H,4,6,8,10-12H2,1-2H3,(H,19,20)/t14-,16+/m0/s1. The molecule has 1 aliphatic carbocycles. The molecule has 0 spiro atoms. The molecule has 0 saturated heterocycles. The van der Waals surface area contributed by atoms with E-state index in [1.54, 1.807) is 0 Å². The van der Waals surface area contributed by atoms with Crippen molar-refractivity contribution >= 4 is 11.9 Å². The number of aryl methyl sites for hydroxylation is 1. The molecule has 0 unspecified atom stereocenters. The highest BCUT2D eigenvalue weighted by Gasteiger charge is 2.23. The Hall–Kier alpha value is -1.84. The minimum atomic E-state index is -0.360. The Labute approximate surface area is 132 Å². The Morgan fingerprint density at radius 2 is 1.95 bits per heavy atom. The Bertz CT molecular complexity index is 527. The number of ether oxygens (including phenoxy) is 1. The maximum atomic E-state index is 11.9. The summed E-state index contributed by atoms with van der Waals surface area (Å²) in [5.41, 5.74) is 1.99. The molecular weight excluding hydrogens is 278 g/mol. The summed E-state index contributed by atoms with van der Waals surface area (Å²) in [5.74, 6) is -0.0570. The van der Waals surface area contributed by atoms with Crippen molar-refractivity contribution in [1.29, 1.82) is 0 Å². The van der Waals surface area contributed by atoms with Crippen molar-refractivity contribution in [2.24, 2.45) is 5.92 Å². The average molecular weight is 303 g/mol. The molecule has 0 aliphatic heterocycles. The molecule has 1 aliphatic rings. The molecular formula is C18H25NO3. The average Bonchev–Trinajstić information content (AvgIpc) is 2.50. The van der Waals surface area contributed by atoms with Gasteiger partial charge in [0.2, 0.25) is 0 Å². The fourth-order valence-electron chi connectivity index (χ4n) is 2.94. The molecule has 1 fully saturated rings. The zero-order valence-corrected chi connectivity index (χ0v) is 13.4. The van der Waals surface area contributed by atoms with Crippen molar-refractivity contribution in [2.45, 2.75) is 52.0 Å². The topological polar surface area (TPSA) is 55.4 Å². The largest absolute Gasteiger partial charge is 0.455 e. The van der Waals surface area contributed by atoms with Crippen molar-refractivity contribution < 1.29 is 14.3 Å². The van der Waals surface area contributed by atoms with E-state index in [9.17, 15) is 9.59 Å². The fraction of sp³-hybridized carbons (Fsp3) is 0.556. The van der Waals surface area contributed by atoms with Gasteiger partial charge in [-0.15, -0.1) is 0 Å². The fourth-order valence-corrected chi connectivity index (χ4v) is 2.94. The number of hydrogen-bond donors (Lipinski definition) is 1. The second kappa shape index (κ2) is 7.97. The van der Waals surface area contributed by atoms with Gasteiger partial charge in [-0.05, 0) is 36.8 Å². The predicted octanol–water partition coefficient (Wildman–Crippen LogP) is 2.78. The molecule has 0 radical (unpaired) electrons. The molecule has 0 aromatic heterocycles. The third-order valence-electron chi connectivity index (χ3n) is 4.42. The third-order valence-corrected chi connectivity index (χ3v) is 4.42. The molecule has 4 heteroatoms. The smallest absolute Gasteiger partial charge is 0.310 e. The van der Waals surface area contributed by atoms with Gasteiger partial charge >= 0.3 is 5.97 Å². The number of nitrogens with one attached hydrogen (secondary N) is 1. The van der Waals surface area contributed by atoms with Crippen LogP contribution >= 0.6 is 0 Å².